The fourth-order valence-corrected chi connectivity index (χ4v) is 0.599. The first-order chi connectivity index (χ1) is 6.62. The molecule has 0 spiro atoms. The lowest BCUT2D eigenvalue weighted by molar-refractivity contribution is 0.0914. The molecule has 0 saturated heterocycles. The first-order valence-corrected chi connectivity index (χ1v) is 4.89. The Balaban J connectivity index is 0. The largest absolute Gasteiger partial charge is 0.396 e. The highest BCUT2D eigenvalue weighted by atomic mass is 16.5. The van der Waals surface area contributed by atoms with Crippen LogP contribution in [-0.2, 0) is 9.47 Å². The van der Waals surface area contributed by atoms with Crippen LogP contribution in [0, 0.1) is 0 Å². The number of hydrogen-bond donors (Lipinski definition) is 2. The molecule has 0 aliphatic heterocycles. The smallest absolute Gasteiger partial charge is 0.0565 e. The Kier molecular flexibility index (Phi) is 14.9. The van der Waals surface area contributed by atoms with Gasteiger partial charge in [-0.25, -0.2) is 0 Å². The number of ether oxygens (including phenoxy) is 2. The van der Waals surface area contributed by atoms with Crippen LogP contribution in [0.3, 0.4) is 0 Å². The third-order valence-corrected chi connectivity index (χ3v) is 1.88. The Morgan fingerprint density at radius 2 is 1.14 bits per heavy atom. The van der Waals surface area contributed by atoms with E-state index in [1.165, 1.54) is 0 Å². The molecule has 0 rings (SSSR count). The second-order valence-corrected chi connectivity index (χ2v) is 3.12. The van der Waals surface area contributed by atoms with Crippen LogP contribution in [0.1, 0.15) is 26.7 Å². The molecule has 0 aromatic heterocycles. The number of rotatable bonds is 6. The van der Waals surface area contributed by atoms with Crippen molar-refractivity contribution in [3.05, 3.63) is 0 Å². The van der Waals surface area contributed by atoms with Crippen molar-refractivity contribution in [2.75, 3.05) is 27.4 Å². The summed E-state index contributed by atoms with van der Waals surface area (Å²) in [7, 11) is 3.28. The molecule has 0 fully saturated rings. The van der Waals surface area contributed by atoms with Gasteiger partial charge in [0.2, 0.25) is 0 Å². The zero-order chi connectivity index (χ0) is 11.4. The van der Waals surface area contributed by atoms with Crippen LogP contribution in [0.25, 0.3) is 0 Å². The Bertz CT molecular complexity index is 86.1. The van der Waals surface area contributed by atoms with Gasteiger partial charge in [-0.3, -0.25) is 0 Å². The second-order valence-electron chi connectivity index (χ2n) is 3.12. The first kappa shape index (κ1) is 16.3. The van der Waals surface area contributed by atoms with E-state index in [2.05, 4.69) is 0 Å². The molecular formula is C10H24O4. The molecule has 2 atom stereocenters. The average Bonchev–Trinajstić information content (AvgIpc) is 2.19. The van der Waals surface area contributed by atoms with Crippen molar-refractivity contribution < 1.29 is 19.7 Å². The summed E-state index contributed by atoms with van der Waals surface area (Å²) in [4.78, 5) is 0. The summed E-state index contributed by atoms with van der Waals surface area (Å²) in [6, 6.07) is 0. The Morgan fingerprint density at radius 1 is 0.857 bits per heavy atom. The molecular weight excluding hydrogens is 184 g/mol. The molecule has 0 aromatic carbocycles. The molecule has 0 bridgehead atoms. The molecule has 0 amide bonds. The van der Waals surface area contributed by atoms with Gasteiger partial charge in [0.05, 0.1) is 12.2 Å². The fourth-order valence-electron chi connectivity index (χ4n) is 0.599. The zero-order valence-electron chi connectivity index (χ0n) is 9.69. The molecule has 14 heavy (non-hydrogen) atoms. The van der Waals surface area contributed by atoms with Crippen LogP contribution < -0.4 is 0 Å². The van der Waals surface area contributed by atoms with Crippen molar-refractivity contribution in [3.63, 3.8) is 0 Å². The number of aliphatic hydroxyl groups is 2. The van der Waals surface area contributed by atoms with Crippen LogP contribution in [0.2, 0.25) is 0 Å². The predicted octanol–water partition coefficient (Wildman–Crippen LogP) is 0.807. The van der Waals surface area contributed by atoms with E-state index in [1.807, 2.05) is 13.8 Å². The summed E-state index contributed by atoms with van der Waals surface area (Å²) in [5.74, 6) is 0. The lowest BCUT2D eigenvalue weighted by Gasteiger charge is -2.04. The SMILES string of the molecule is COC(C)CCO.COC(C)CCO. The average molecular weight is 208 g/mol. The van der Waals surface area contributed by atoms with Crippen molar-refractivity contribution in [3.8, 4) is 0 Å². The number of methoxy groups -OCH3 is 2. The summed E-state index contributed by atoms with van der Waals surface area (Å²) >= 11 is 0. The van der Waals surface area contributed by atoms with Gasteiger partial charge < -0.3 is 19.7 Å². The molecule has 0 aromatic rings. The molecule has 2 N–H and O–H groups in total. The molecule has 4 nitrogen and oxygen atoms in total. The first-order valence-electron chi connectivity index (χ1n) is 4.89. The standard InChI is InChI=1S/2C5H12O2/c2*1-5(7-2)3-4-6/h2*5-6H,3-4H2,1-2H3. The molecule has 88 valence electrons. The maximum absolute atomic E-state index is 8.29. The lowest BCUT2D eigenvalue weighted by atomic mass is 10.3. The van der Waals surface area contributed by atoms with Gasteiger partial charge in [0, 0.05) is 27.4 Å². The van der Waals surface area contributed by atoms with E-state index in [0.717, 1.165) is 12.8 Å². The van der Waals surface area contributed by atoms with E-state index in [0.29, 0.717) is 0 Å². The van der Waals surface area contributed by atoms with Crippen molar-refractivity contribution in [2.24, 2.45) is 0 Å². The molecule has 0 aliphatic carbocycles. The van der Waals surface area contributed by atoms with Gasteiger partial charge in [0.1, 0.15) is 0 Å². The lowest BCUT2D eigenvalue weighted by Crippen LogP contribution is -2.05. The second kappa shape index (κ2) is 12.8. The van der Waals surface area contributed by atoms with Crippen molar-refractivity contribution in [1.29, 1.82) is 0 Å². The zero-order valence-corrected chi connectivity index (χ0v) is 9.69. The van der Waals surface area contributed by atoms with Gasteiger partial charge >= 0.3 is 0 Å². The van der Waals surface area contributed by atoms with Crippen LogP contribution in [-0.4, -0.2) is 49.9 Å². The summed E-state index contributed by atoms with van der Waals surface area (Å²) < 4.78 is 9.66. The van der Waals surface area contributed by atoms with E-state index in [1.54, 1.807) is 14.2 Å². The molecule has 0 saturated carbocycles. The van der Waals surface area contributed by atoms with E-state index in [4.69, 9.17) is 19.7 Å². The third-order valence-electron chi connectivity index (χ3n) is 1.88. The Labute approximate surface area is 86.8 Å². The van der Waals surface area contributed by atoms with Crippen LogP contribution in [0.5, 0.6) is 0 Å². The highest BCUT2D eigenvalue weighted by Crippen LogP contribution is 1.91. The predicted molar refractivity (Wildman–Crippen MR) is 56.3 cm³/mol. The van der Waals surface area contributed by atoms with Gasteiger partial charge in [-0.15, -0.1) is 0 Å². The molecule has 2 unspecified atom stereocenters. The van der Waals surface area contributed by atoms with Gasteiger partial charge in [-0.2, -0.15) is 0 Å². The van der Waals surface area contributed by atoms with Crippen LogP contribution in [0.15, 0.2) is 0 Å². The highest BCUT2D eigenvalue weighted by molar-refractivity contribution is 4.44. The Hall–Kier alpha value is -0.160. The van der Waals surface area contributed by atoms with E-state index in [9.17, 15) is 0 Å². The summed E-state index contributed by atoms with van der Waals surface area (Å²) in [5.41, 5.74) is 0. The monoisotopic (exact) mass is 208 g/mol. The molecule has 0 aliphatic rings. The summed E-state index contributed by atoms with van der Waals surface area (Å²) in [5, 5.41) is 16.6. The maximum Gasteiger partial charge on any atom is 0.0565 e. The minimum absolute atomic E-state index is 0.199. The normalized spacial score (nSPS) is 14.1. The number of aliphatic hydroxyl groups excluding tert-OH is 2. The maximum atomic E-state index is 8.29. The van der Waals surface area contributed by atoms with Crippen molar-refractivity contribution in [1.82, 2.24) is 0 Å². The van der Waals surface area contributed by atoms with Crippen LogP contribution in [0.4, 0.5) is 0 Å². The summed E-state index contributed by atoms with van der Waals surface area (Å²) in [6.07, 6.45) is 1.86. The number of hydrogen-bond acceptors (Lipinski definition) is 4. The molecule has 0 heterocycles. The van der Waals surface area contributed by atoms with E-state index >= 15 is 0 Å². The van der Waals surface area contributed by atoms with Gasteiger partial charge in [0.15, 0.2) is 0 Å². The van der Waals surface area contributed by atoms with Crippen LogP contribution >= 0.6 is 0 Å². The highest BCUT2D eigenvalue weighted by Gasteiger charge is 1.94. The van der Waals surface area contributed by atoms with Gasteiger partial charge in [-0.1, -0.05) is 0 Å². The van der Waals surface area contributed by atoms with Gasteiger partial charge in [-0.05, 0) is 26.7 Å². The fraction of sp³-hybridized carbons (Fsp3) is 1.00. The van der Waals surface area contributed by atoms with E-state index < -0.39 is 0 Å². The minimum Gasteiger partial charge on any atom is -0.396 e. The molecule has 4 heteroatoms. The van der Waals surface area contributed by atoms with Gasteiger partial charge in [0.25, 0.3) is 0 Å². The Morgan fingerprint density at radius 3 is 1.21 bits per heavy atom. The third kappa shape index (κ3) is 14.4. The summed E-state index contributed by atoms with van der Waals surface area (Å²) in [6.45, 7) is 4.29. The quantitative estimate of drug-likeness (QED) is 0.678. The van der Waals surface area contributed by atoms with Crippen molar-refractivity contribution in [2.45, 2.75) is 38.9 Å². The minimum atomic E-state index is 0.199. The molecule has 0 radical (unpaired) electrons. The van der Waals surface area contributed by atoms with Crippen molar-refractivity contribution >= 4 is 0 Å². The van der Waals surface area contributed by atoms with E-state index in [-0.39, 0.29) is 25.4 Å². The topological polar surface area (TPSA) is 58.9 Å².